The summed E-state index contributed by atoms with van der Waals surface area (Å²) in [4.78, 5) is 11.9. The number of hydrogen-bond donors (Lipinski definition) is 2. The van der Waals surface area contributed by atoms with Crippen LogP contribution in [0.25, 0.3) is 0 Å². The van der Waals surface area contributed by atoms with Gasteiger partial charge >= 0.3 is 0 Å². The summed E-state index contributed by atoms with van der Waals surface area (Å²) >= 11 is 0. The number of hydrogen-bond acceptors (Lipinski definition) is 2. The van der Waals surface area contributed by atoms with E-state index in [0.29, 0.717) is 37.8 Å². The maximum atomic E-state index is 13.4. The molecule has 0 saturated heterocycles. The van der Waals surface area contributed by atoms with Gasteiger partial charge in [-0.15, -0.1) is 0 Å². The molecule has 1 aliphatic rings. The van der Waals surface area contributed by atoms with E-state index in [4.69, 9.17) is 5.73 Å². The molecule has 0 bridgehead atoms. The van der Waals surface area contributed by atoms with Crippen molar-refractivity contribution >= 4 is 11.6 Å². The fraction of sp³-hybridized carbons (Fsp3) is 0.462. The van der Waals surface area contributed by atoms with E-state index in [-0.39, 0.29) is 12.0 Å². The van der Waals surface area contributed by atoms with Crippen LogP contribution in [0.1, 0.15) is 25.7 Å². The molecule has 1 fully saturated rings. The summed E-state index contributed by atoms with van der Waals surface area (Å²) in [5.74, 6) is -3.99. The summed E-state index contributed by atoms with van der Waals surface area (Å²) in [7, 11) is 0. The molecule has 0 atom stereocenters. The first-order valence-corrected chi connectivity index (χ1v) is 6.18. The Balaban J connectivity index is 2.07. The lowest BCUT2D eigenvalue weighted by Gasteiger charge is -2.25. The van der Waals surface area contributed by atoms with Crippen LogP contribution in [-0.2, 0) is 4.79 Å². The average molecular weight is 272 g/mol. The average Bonchev–Trinajstić information content (AvgIpc) is 2.34. The summed E-state index contributed by atoms with van der Waals surface area (Å²) < 4.78 is 39.5. The van der Waals surface area contributed by atoms with Crippen molar-refractivity contribution in [1.82, 2.24) is 0 Å². The highest BCUT2D eigenvalue weighted by Crippen LogP contribution is 2.26. The molecule has 0 unspecified atom stereocenters. The Labute approximate surface area is 109 Å². The van der Waals surface area contributed by atoms with Crippen LogP contribution in [0.5, 0.6) is 0 Å². The van der Waals surface area contributed by atoms with Gasteiger partial charge in [-0.2, -0.15) is 0 Å². The van der Waals surface area contributed by atoms with Gasteiger partial charge in [0.25, 0.3) is 0 Å². The summed E-state index contributed by atoms with van der Waals surface area (Å²) in [5.41, 5.74) is 5.13. The molecule has 0 heterocycles. The number of amides is 1. The van der Waals surface area contributed by atoms with Gasteiger partial charge in [0, 0.05) is 24.1 Å². The number of nitrogens with one attached hydrogen (secondary N) is 1. The van der Waals surface area contributed by atoms with Crippen molar-refractivity contribution in [2.75, 3.05) is 5.32 Å². The third-order valence-corrected chi connectivity index (χ3v) is 3.40. The number of nitrogens with two attached hydrogens (primary N) is 1. The number of rotatable bonds is 2. The molecule has 0 spiro atoms. The van der Waals surface area contributed by atoms with Crippen LogP contribution in [0, 0.1) is 23.4 Å². The van der Waals surface area contributed by atoms with Crippen LogP contribution >= 0.6 is 0 Å². The van der Waals surface area contributed by atoms with E-state index in [1.54, 1.807) is 0 Å². The second kappa shape index (κ2) is 5.61. The van der Waals surface area contributed by atoms with Crippen molar-refractivity contribution in [2.45, 2.75) is 31.7 Å². The van der Waals surface area contributed by atoms with Gasteiger partial charge in [-0.3, -0.25) is 4.79 Å². The maximum Gasteiger partial charge on any atom is 0.227 e. The van der Waals surface area contributed by atoms with E-state index >= 15 is 0 Å². The van der Waals surface area contributed by atoms with Crippen molar-refractivity contribution < 1.29 is 18.0 Å². The second-order valence-electron chi connectivity index (χ2n) is 4.85. The maximum absolute atomic E-state index is 13.4. The zero-order valence-corrected chi connectivity index (χ0v) is 10.3. The van der Waals surface area contributed by atoms with E-state index in [1.165, 1.54) is 0 Å². The van der Waals surface area contributed by atoms with E-state index in [1.807, 2.05) is 0 Å². The molecule has 1 aromatic rings. The second-order valence-corrected chi connectivity index (χ2v) is 4.85. The Morgan fingerprint density at radius 1 is 1.11 bits per heavy atom. The highest BCUT2D eigenvalue weighted by molar-refractivity contribution is 5.92. The molecule has 0 aliphatic heterocycles. The third kappa shape index (κ3) is 3.26. The van der Waals surface area contributed by atoms with Gasteiger partial charge in [-0.05, 0) is 25.7 Å². The topological polar surface area (TPSA) is 55.1 Å². The van der Waals surface area contributed by atoms with Crippen LogP contribution in [0.15, 0.2) is 12.1 Å². The van der Waals surface area contributed by atoms with Gasteiger partial charge in [0.2, 0.25) is 5.91 Å². The van der Waals surface area contributed by atoms with E-state index in [2.05, 4.69) is 5.32 Å². The van der Waals surface area contributed by atoms with Crippen molar-refractivity contribution in [3.63, 3.8) is 0 Å². The lowest BCUT2D eigenvalue weighted by Crippen LogP contribution is -2.32. The first-order valence-electron chi connectivity index (χ1n) is 6.18. The first kappa shape index (κ1) is 13.9. The molecule has 104 valence electrons. The zero-order valence-electron chi connectivity index (χ0n) is 10.3. The predicted octanol–water partition coefficient (Wildman–Crippen LogP) is 2.56. The van der Waals surface area contributed by atoms with Crippen LogP contribution in [0.2, 0.25) is 0 Å². The number of halogens is 3. The highest BCUT2D eigenvalue weighted by Gasteiger charge is 2.26. The van der Waals surface area contributed by atoms with Gasteiger partial charge in [0.15, 0.2) is 11.6 Å². The molecular formula is C13H15F3N2O. The molecule has 1 aromatic carbocycles. The minimum absolute atomic E-state index is 0.0864. The lowest BCUT2D eigenvalue weighted by molar-refractivity contribution is -0.120. The fourth-order valence-electron chi connectivity index (χ4n) is 2.27. The first-order chi connectivity index (χ1) is 8.97. The minimum Gasteiger partial charge on any atom is -0.328 e. The molecule has 3 nitrogen and oxygen atoms in total. The normalized spacial score (nSPS) is 23.2. The van der Waals surface area contributed by atoms with Crippen molar-refractivity contribution in [2.24, 2.45) is 11.7 Å². The summed E-state index contributed by atoms with van der Waals surface area (Å²) in [6.45, 7) is 0. The van der Waals surface area contributed by atoms with Gasteiger partial charge in [0.1, 0.15) is 11.5 Å². The fourth-order valence-corrected chi connectivity index (χ4v) is 2.27. The predicted molar refractivity (Wildman–Crippen MR) is 64.9 cm³/mol. The van der Waals surface area contributed by atoms with Crippen LogP contribution < -0.4 is 11.1 Å². The summed E-state index contributed by atoms with van der Waals surface area (Å²) in [6.07, 6.45) is 2.62. The minimum atomic E-state index is -1.11. The Morgan fingerprint density at radius 3 is 2.16 bits per heavy atom. The van der Waals surface area contributed by atoms with Crippen molar-refractivity contribution in [3.8, 4) is 0 Å². The Hall–Kier alpha value is -1.56. The van der Waals surface area contributed by atoms with Crippen LogP contribution in [-0.4, -0.2) is 11.9 Å². The smallest absolute Gasteiger partial charge is 0.227 e. The monoisotopic (exact) mass is 272 g/mol. The molecule has 19 heavy (non-hydrogen) atoms. The van der Waals surface area contributed by atoms with E-state index < -0.39 is 29.0 Å². The molecular weight excluding hydrogens is 257 g/mol. The number of benzene rings is 1. The zero-order chi connectivity index (χ0) is 14.0. The standard InChI is InChI=1S/C13H15F3N2O/c14-8-5-10(15)12(11(16)6-8)18-13(19)7-1-3-9(17)4-2-7/h5-7,9H,1-4,17H2,(H,18,19). The molecule has 2 rings (SSSR count). The SMILES string of the molecule is NC1CCC(C(=O)Nc2c(F)cc(F)cc2F)CC1. The summed E-state index contributed by atoms with van der Waals surface area (Å²) in [5, 5.41) is 2.19. The van der Waals surface area contributed by atoms with Gasteiger partial charge in [0.05, 0.1) is 0 Å². The largest absolute Gasteiger partial charge is 0.328 e. The molecule has 1 saturated carbocycles. The molecule has 1 amide bonds. The van der Waals surface area contributed by atoms with E-state index in [9.17, 15) is 18.0 Å². The quantitative estimate of drug-likeness (QED) is 0.869. The molecule has 3 N–H and O–H groups in total. The van der Waals surface area contributed by atoms with Crippen LogP contribution in [0.4, 0.5) is 18.9 Å². The Bertz CT molecular complexity index is 462. The Morgan fingerprint density at radius 2 is 1.63 bits per heavy atom. The van der Waals surface area contributed by atoms with Gasteiger partial charge in [-0.1, -0.05) is 0 Å². The summed E-state index contributed by atoms with van der Waals surface area (Å²) in [6, 6.07) is 1.16. The highest BCUT2D eigenvalue weighted by atomic mass is 19.1. The Kier molecular flexibility index (Phi) is 4.09. The number of anilines is 1. The number of carbonyl (C=O) groups excluding carboxylic acids is 1. The third-order valence-electron chi connectivity index (χ3n) is 3.40. The number of carbonyl (C=O) groups is 1. The van der Waals surface area contributed by atoms with Crippen molar-refractivity contribution in [3.05, 3.63) is 29.6 Å². The van der Waals surface area contributed by atoms with Gasteiger partial charge in [-0.25, -0.2) is 13.2 Å². The molecule has 0 radical (unpaired) electrons. The van der Waals surface area contributed by atoms with Crippen molar-refractivity contribution in [1.29, 1.82) is 0 Å². The molecule has 6 heteroatoms. The molecule has 0 aromatic heterocycles. The molecule has 1 aliphatic carbocycles. The van der Waals surface area contributed by atoms with Gasteiger partial charge < -0.3 is 11.1 Å². The lowest BCUT2D eigenvalue weighted by atomic mass is 9.86. The van der Waals surface area contributed by atoms with Crippen LogP contribution in [0.3, 0.4) is 0 Å². The van der Waals surface area contributed by atoms with E-state index in [0.717, 1.165) is 0 Å².